The first-order valence-electron chi connectivity index (χ1n) is 10.2. The number of pyridine rings is 1. The number of nitrogens with one attached hydrogen (secondary N) is 2. The Morgan fingerprint density at radius 2 is 2.04 bits per heavy atom. The number of rotatable bonds is 3. The number of amides is 2. The molecule has 0 saturated carbocycles. The Hall–Kier alpha value is -2.35. The summed E-state index contributed by atoms with van der Waals surface area (Å²) < 4.78 is 6.76. The predicted molar refractivity (Wildman–Crippen MR) is 103 cm³/mol. The van der Waals surface area contributed by atoms with Crippen molar-refractivity contribution in [2.75, 3.05) is 32.8 Å². The fraction of sp³-hybridized carbons (Fsp3) is 0.650. The molecule has 3 aliphatic rings. The molecule has 1 aromatic rings. The van der Waals surface area contributed by atoms with Crippen molar-refractivity contribution in [3.63, 3.8) is 0 Å². The Kier molecular flexibility index (Phi) is 5.39. The first kappa shape index (κ1) is 19.0. The van der Waals surface area contributed by atoms with Crippen molar-refractivity contribution in [3.8, 4) is 0 Å². The highest BCUT2D eigenvalue weighted by Crippen LogP contribution is 2.38. The van der Waals surface area contributed by atoms with Crippen LogP contribution in [0.25, 0.3) is 0 Å². The van der Waals surface area contributed by atoms with Crippen molar-refractivity contribution >= 4 is 12.0 Å². The summed E-state index contributed by atoms with van der Waals surface area (Å²) in [4.78, 5) is 39.3. The maximum Gasteiger partial charge on any atom is 0.409 e. The van der Waals surface area contributed by atoms with E-state index in [2.05, 4.69) is 10.6 Å². The number of carbonyl (C=O) groups is 2. The maximum atomic E-state index is 13.2. The average Bonchev–Trinajstić information content (AvgIpc) is 2.70. The van der Waals surface area contributed by atoms with E-state index in [1.54, 1.807) is 22.5 Å². The second-order valence-electron chi connectivity index (χ2n) is 7.92. The fourth-order valence-electron chi connectivity index (χ4n) is 4.84. The van der Waals surface area contributed by atoms with Crippen LogP contribution in [0.15, 0.2) is 23.0 Å². The smallest absolute Gasteiger partial charge is 0.409 e. The second kappa shape index (κ2) is 7.95. The minimum Gasteiger partial charge on any atom is -0.450 e. The molecule has 3 atom stereocenters. The van der Waals surface area contributed by atoms with Gasteiger partial charge in [0, 0.05) is 55.8 Å². The molecule has 2 N–H and O–H groups in total. The van der Waals surface area contributed by atoms with E-state index in [9.17, 15) is 14.4 Å². The van der Waals surface area contributed by atoms with Crippen molar-refractivity contribution < 1.29 is 14.3 Å². The standard InChI is InChI=1S/C20H28N4O4/c1-2-28-20(27)23-8-6-15(7-9-23)22-19(26)18-14-10-13(11-21-12-14)16-4-3-5-17(25)24(16)18/h3-5,13-15,18,21H,2,6-12H2,1H3,(H,22,26)/t13-,14+,18-/m1/s1. The first-order valence-corrected chi connectivity index (χ1v) is 10.2. The minimum absolute atomic E-state index is 0.00955. The third-order valence-corrected chi connectivity index (χ3v) is 6.18. The van der Waals surface area contributed by atoms with E-state index in [0.717, 1.165) is 25.2 Å². The zero-order chi connectivity index (χ0) is 19.7. The van der Waals surface area contributed by atoms with E-state index < -0.39 is 6.04 Å². The van der Waals surface area contributed by atoms with Gasteiger partial charge in [0.25, 0.3) is 5.56 Å². The van der Waals surface area contributed by atoms with Gasteiger partial charge in [-0.05, 0) is 32.3 Å². The molecule has 2 fully saturated rings. The molecule has 28 heavy (non-hydrogen) atoms. The molecule has 3 aliphatic heterocycles. The molecule has 0 radical (unpaired) electrons. The van der Waals surface area contributed by atoms with Crippen molar-refractivity contribution in [2.45, 2.75) is 44.2 Å². The van der Waals surface area contributed by atoms with Gasteiger partial charge in [0.1, 0.15) is 6.04 Å². The van der Waals surface area contributed by atoms with Crippen LogP contribution < -0.4 is 16.2 Å². The Morgan fingerprint density at radius 3 is 2.79 bits per heavy atom. The van der Waals surface area contributed by atoms with Crippen molar-refractivity contribution in [1.29, 1.82) is 0 Å². The summed E-state index contributed by atoms with van der Waals surface area (Å²) in [5.74, 6) is 0.312. The van der Waals surface area contributed by atoms with E-state index in [1.165, 1.54) is 6.07 Å². The lowest BCUT2D eigenvalue weighted by Gasteiger charge is -2.43. The van der Waals surface area contributed by atoms with Gasteiger partial charge in [-0.25, -0.2) is 4.79 Å². The molecule has 152 valence electrons. The largest absolute Gasteiger partial charge is 0.450 e. The topological polar surface area (TPSA) is 92.7 Å². The van der Waals surface area contributed by atoms with Crippen LogP contribution in [0.3, 0.4) is 0 Å². The third-order valence-electron chi connectivity index (χ3n) is 6.18. The zero-order valence-corrected chi connectivity index (χ0v) is 16.2. The van der Waals surface area contributed by atoms with E-state index in [4.69, 9.17) is 4.74 Å². The molecular weight excluding hydrogens is 360 g/mol. The number of aromatic nitrogens is 1. The Labute approximate surface area is 164 Å². The molecule has 2 saturated heterocycles. The summed E-state index contributed by atoms with van der Waals surface area (Å²) >= 11 is 0. The van der Waals surface area contributed by atoms with Gasteiger partial charge in [0.15, 0.2) is 0 Å². The highest BCUT2D eigenvalue weighted by atomic mass is 16.6. The summed E-state index contributed by atoms with van der Waals surface area (Å²) in [5.41, 5.74) is 0.847. The van der Waals surface area contributed by atoms with Crippen LogP contribution >= 0.6 is 0 Å². The van der Waals surface area contributed by atoms with Crippen LogP contribution in [-0.2, 0) is 9.53 Å². The molecule has 0 aliphatic carbocycles. The highest BCUT2D eigenvalue weighted by molar-refractivity contribution is 5.81. The Balaban J connectivity index is 1.46. The quantitative estimate of drug-likeness (QED) is 0.800. The molecule has 8 nitrogen and oxygen atoms in total. The Morgan fingerprint density at radius 1 is 1.25 bits per heavy atom. The Bertz CT molecular complexity index is 800. The van der Waals surface area contributed by atoms with Crippen LogP contribution in [0, 0.1) is 5.92 Å². The summed E-state index contributed by atoms with van der Waals surface area (Å²) in [6, 6.07) is 4.82. The summed E-state index contributed by atoms with van der Waals surface area (Å²) in [6.07, 6.45) is 2.02. The van der Waals surface area contributed by atoms with Crippen LogP contribution in [-0.4, -0.2) is 60.3 Å². The number of ether oxygens (including phenoxy) is 1. The highest BCUT2D eigenvalue weighted by Gasteiger charge is 2.42. The third kappa shape index (κ3) is 3.53. The molecule has 8 heteroatoms. The number of hydrogen-bond donors (Lipinski definition) is 2. The van der Waals surface area contributed by atoms with E-state index in [-0.39, 0.29) is 35.4 Å². The predicted octanol–water partition coefficient (Wildman–Crippen LogP) is 0.833. The molecular formula is C20H28N4O4. The second-order valence-corrected chi connectivity index (χ2v) is 7.92. The van der Waals surface area contributed by atoms with Gasteiger partial charge in [-0.2, -0.15) is 0 Å². The average molecular weight is 388 g/mol. The molecule has 2 amide bonds. The maximum absolute atomic E-state index is 13.2. The van der Waals surface area contributed by atoms with Crippen LogP contribution in [0.5, 0.6) is 0 Å². The van der Waals surface area contributed by atoms with Crippen molar-refractivity contribution in [1.82, 2.24) is 20.1 Å². The first-order chi connectivity index (χ1) is 13.6. The summed E-state index contributed by atoms with van der Waals surface area (Å²) in [7, 11) is 0. The van der Waals surface area contributed by atoms with Crippen molar-refractivity contribution in [2.24, 2.45) is 5.92 Å². The van der Waals surface area contributed by atoms with E-state index in [0.29, 0.717) is 32.5 Å². The van der Waals surface area contributed by atoms with Gasteiger partial charge in [-0.15, -0.1) is 0 Å². The van der Waals surface area contributed by atoms with Gasteiger partial charge in [-0.1, -0.05) is 6.07 Å². The number of fused-ring (bicyclic) bond motifs is 4. The van der Waals surface area contributed by atoms with Gasteiger partial charge in [0.2, 0.25) is 5.91 Å². The summed E-state index contributed by atoms with van der Waals surface area (Å²) in [6.45, 7) is 4.88. The lowest BCUT2D eigenvalue weighted by atomic mass is 9.79. The number of nitrogens with zero attached hydrogens (tertiary/aromatic N) is 2. The number of carbonyl (C=O) groups excluding carboxylic acids is 2. The van der Waals surface area contributed by atoms with E-state index >= 15 is 0 Å². The van der Waals surface area contributed by atoms with Gasteiger partial charge in [0.05, 0.1) is 6.61 Å². The molecule has 4 rings (SSSR count). The zero-order valence-electron chi connectivity index (χ0n) is 16.2. The minimum atomic E-state index is -0.476. The van der Waals surface area contributed by atoms with Crippen LogP contribution in [0.4, 0.5) is 4.79 Å². The normalized spacial score (nSPS) is 27.0. The lowest BCUT2D eigenvalue weighted by molar-refractivity contribution is -0.128. The number of piperidine rings is 2. The molecule has 2 bridgehead atoms. The van der Waals surface area contributed by atoms with Gasteiger partial charge in [-0.3, -0.25) is 14.2 Å². The summed E-state index contributed by atoms with van der Waals surface area (Å²) in [5, 5.41) is 6.56. The van der Waals surface area contributed by atoms with Crippen LogP contribution in [0.1, 0.15) is 43.8 Å². The molecule has 0 spiro atoms. The van der Waals surface area contributed by atoms with Gasteiger partial charge >= 0.3 is 6.09 Å². The van der Waals surface area contributed by atoms with Gasteiger partial charge < -0.3 is 20.3 Å². The molecule has 0 aromatic carbocycles. The SMILES string of the molecule is CCOC(=O)N1CCC(NC(=O)[C@H]2[C@@H]3CNC[C@@H](C3)c3cccc(=O)n32)CC1. The van der Waals surface area contributed by atoms with E-state index in [1.807, 2.05) is 6.07 Å². The number of likely N-dealkylation sites (tertiary alicyclic amines) is 1. The lowest BCUT2D eigenvalue weighted by Crippen LogP contribution is -2.54. The monoisotopic (exact) mass is 388 g/mol. The fourth-order valence-corrected chi connectivity index (χ4v) is 4.84. The molecule has 0 unspecified atom stereocenters. The number of hydrogen-bond acceptors (Lipinski definition) is 5. The van der Waals surface area contributed by atoms with Crippen LogP contribution in [0.2, 0.25) is 0 Å². The molecule has 1 aromatic heterocycles. The van der Waals surface area contributed by atoms with Crippen molar-refractivity contribution in [3.05, 3.63) is 34.2 Å². The molecule has 4 heterocycles.